The van der Waals surface area contributed by atoms with Crippen molar-refractivity contribution in [1.29, 1.82) is 0 Å². The maximum absolute atomic E-state index is 5.56. The standard InChI is InChI=1S/C20H27NO/c1-13-12-14(2)19(17(5)16(4)15(13)3)21-20(22-6)18-10-8-7-9-11-18/h7-12,14-16H,1-6H3. The fourth-order valence-electron chi connectivity index (χ4n) is 3.09. The van der Waals surface area contributed by atoms with E-state index in [0.717, 1.165) is 11.3 Å². The van der Waals surface area contributed by atoms with Crippen molar-refractivity contribution >= 4 is 5.90 Å². The molecular formula is C20H27NO. The molecule has 0 bridgehead atoms. The topological polar surface area (TPSA) is 21.6 Å². The van der Waals surface area contributed by atoms with E-state index in [1.165, 1.54) is 11.1 Å². The first-order valence-corrected chi connectivity index (χ1v) is 8.02. The smallest absolute Gasteiger partial charge is 0.220 e. The van der Waals surface area contributed by atoms with E-state index in [4.69, 9.17) is 9.73 Å². The molecule has 0 amide bonds. The number of rotatable bonds is 2. The number of hydrogen-bond donors (Lipinski definition) is 0. The number of ether oxygens (including phenoxy) is 1. The van der Waals surface area contributed by atoms with Crippen LogP contribution in [0.5, 0.6) is 0 Å². The summed E-state index contributed by atoms with van der Waals surface area (Å²) in [6.45, 7) is 11.2. The van der Waals surface area contributed by atoms with Crippen LogP contribution in [-0.4, -0.2) is 13.0 Å². The van der Waals surface area contributed by atoms with Gasteiger partial charge in [0.2, 0.25) is 5.90 Å². The van der Waals surface area contributed by atoms with Crippen LogP contribution in [0.3, 0.4) is 0 Å². The van der Waals surface area contributed by atoms with Crippen LogP contribution < -0.4 is 0 Å². The van der Waals surface area contributed by atoms with Gasteiger partial charge in [-0.3, -0.25) is 0 Å². The monoisotopic (exact) mass is 297 g/mol. The molecule has 2 heteroatoms. The van der Waals surface area contributed by atoms with E-state index >= 15 is 0 Å². The molecule has 0 fully saturated rings. The average Bonchev–Trinajstić information content (AvgIpc) is 2.59. The highest BCUT2D eigenvalue weighted by molar-refractivity contribution is 5.94. The maximum atomic E-state index is 5.56. The molecule has 3 atom stereocenters. The van der Waals surface area contributed by atoms with E-state index in [9.17, 15) is 0 Å². The van der Waals surface area contributed by atoms with Crippen LogP contribution >= 0.6 is 0 Å². The summed E-state index contributed by atoms with van der Waals surface area (Å²) in [5.74, 6) is 2.04. The third-order valence-corrected chi connectivity index (χ3v) is 4.94. The first kappa shape index (κ1) is 16.5. The van der Waals surface area contributed by atoms with Crippen molar-refractivity contribution in [1.82, 2.24) is 0 Å². The Morgan fingerprint density at radius 1 is 1.00 bits per heavy atom. The SMILES string of the molecule is COC(=NC1=C(C)C(C)C(C)C(C)=CC1C)c1ccccc1. The van der Waals surface area contributed by atoms with Crippen molar-refractivity contribution in [3.05, 3.63) is 58.8 Å². The van der Waals surface area contributed by atoms with Gasteiger partial charge in [0.15, 0.2) is 0 Å². The summed E-state index contributed by atoms with van der Waals surface area (Å²) in [5.41, 5.74) is 4.96. The number of methoxy groups -OCH3 is 1. The Bertz CT molecular complexity index is 610. The van der Waals surface area contributed by atoms with E-state index in [2.05, 4.69) is 40.7 Å². The normalized spacial score (nSPS) is 26.5. The molecule has 3 unspecified atom stereocenters. The van der Waals surface area contributed by atoms with Gasteiger partial charge in [-0.05, 0) is 43.4 Å². The molecule has 1 aromatic carbocycles. The predicted molar refractivity (Wildman–Crippen MR) is 93.9 cm³/mol. The Kier molecular flexibility index (Phi) is 5.23. The molecule has 0 spiro atoms. The second-order valence-electron chi connectivity index (χ2n) is 6.33. The highest BCUT2D eigenvalue weighted by Gasteiger charge is 2.25. The van der Waals surface area contributed by atoms with Crippen molar-refractivity contribution < 1.29 is 4.74 Å². The largest absolute Gasteiger partial charge is 0.481 e. The Hall–Kier alpha value is -1.83. The highest BCUT2D eigenvalue weighted by Crippen LogP contribution is 2.36. The molecule has 0 radical (unpaired) electrons. The highest BCUT2D eigenvalue weighted by atomic mass is 16.5. The molecule has 2 rings (SSSR count). The van der Waals surface area contributed by atoms with Gasteiger partial charge in [-0.2, -0.15) is 0 Å². The maximum Gasteiger partial charge on any atom is 0.220 e. The molecule has 1 aromatic rings. The van der Waals surface area contributed by atoms with Crippen LogP contribution in [0, 0.1) is 17.8 Å². The first-order valence-electron chi connectivity index (χ1n) is 8.02. The lowest BCUT2D eigenvalue weighted by atomic mass is 9.86. The van der Waals surface area contributed by atoms with Gasteiger partial charge in [0.1, 0.15) is 0 Å². The Labute approximate surface area is 134 Å². The van der Waals surface area contributed by atoms with Crippen molar-refractivity contribution in [2.45, 2.75) is 34.6 Å². The molecule has 2 nitrogen and oxygen atoms in total. The van der Waals surface area contributed by atoms with E-state index in [-0.39, 0.29) is 0 Å². The van der Waals surface area contributed by atoms with Gasteiger partial charge >= 0.3 is 0 Å². The van der Waals surface area contributed by atoms with Crippen LogP contribution in [0.15, 0.2) is 58.2 Å². The minimum Gasteiger partial charge on any atom is -0.481 e. The van der Waals surface area contributed by atoms with E-state index in [1.54, 1.807) is 7.11 Å². The van der Waals surface area contributed by atoms with Gasteiger partial charge in [-0.15, -0.1) is 0 Å². The van der Waals surface area contributed by atoms with Gasteiger partial charge < -0.3 is 4.74 Å². The van der Waals surface area contributed by atoms with Crippen LogP contribution in [0.1, 0.15) is 40.2 Å². The zero-order valence-corrected chi connectivity index (χ0v) is 14.6. The molecule has 1 aliphatic rings. The van der Waals surface area contributed by atoms with Gasteiger partial charge in [0.25, 0.3) is 0 Å². The molecular weight excluding hydrogens is 270 g/mol. The van der Waals surface area contributed by atoms with Crippen molar-refractivity contribution in [2.75, 3.05) is 7.11 Å². The fourth-order valence-corrected chi connectivity index (χ4v) is 3.09. The van der Waals surface area contributed by atoms with Crippen molar-refractivity contribution in [2.24, 2.45) is 22.7 Å². The zero-order chi connectivity index (χ0) is 16.3. The molecule has 0 aliphatic heterocycles. The minimum absolute atomic E-state index is 0.307. The Morgan fingerprint density at radius 2 is 1.64 bits per heavy atom. The number of aliphatic imine (C=N–C) groups is 1. The molecule has 0 aromatic heterocycles. The minimum atomic E-state index is 0.307. The molecule has 0 saturated heterocycles. The van der Waals surface area contributed by atoms with E-state index < -0.39 is 0 Å². The summed E-state index contributed by atoms with van der Waals surface area (Å²) in [7, 11) is 1.69. The second-order valence-corrected chi connectivity index (χ2v) is 6.33. The second kappa shape index (κ2) is 6.95. The first-order chi connectivity index (χ1) is 10.5. The molecule has 22 heavy (non-hydrogen) atoms. The lowest BCUT2D eigenvalue weighted by Gasteiger charge is -2.20. The lowest BCUT2D eigenvalue weighted by molar-refractivity contribution is 0.403. The summed E-state index contributed by atoms with van der Waals surface area (Å²) in [6, 6.07) is 10.1. The predicted octanol–water partition coefficient (Wildman–Crippen LogP) is 5.22. The number of hydrogen-bond acceptors (Lipinski definition) is 2. The number of allylic oxidation sites excluding steroid dienone is 3. The summed E-state index contributed by atoms with van der Waals surface area (Å²) < 4.78 is 5.56. The van der Waals surface area contributed by atoms with Gasteiger partial charge in [0.05, 0.1) is 12.8 Å². The number of nitrogens with zero attached hydrogens (tertiary/aromatic N) is 1. The molecule has 118 valence electrons. The third kappa shape index (κ3) is 3.32. The van der Waals surface area contributed by atoms with Gasteiger partial charge in [0, 0.05) is 11.5 Å². The lowest BCUT2D eigenvalue weighted by Crippen LogP contribution is -2.11. The number of benzene rings is 1. The quantitative estimate of drug-likeness (QED) is 0.416. The fraction of sp³-hybridized carbons (Fsp3) is 0.450. The molecule has 1 aliphatic carbocycles. The summed E-state index contributed by atoms with van der Waals surface area (Å²) in [6.07, 6.45) is 2.34. The zero-order valence-electron chi connectivity index (χ0n) is 14.6. The van der Waals surface area contributed by atoms with Crippen LogP contribution in [0.4, 0.5) is 0 Å². The molecule has 0 saturated carbocycles. The van der Waals surface area contributed by atoms with Crippen LogP contribution in [0.2, 0.25) is 0 Å². The summed E-state index contributed by atoms with van der Waals surface area (Å²) in [4.78, 5) is 4.90. The average molecular weight is 297 g/mol. The van der Waals surface area contributed by atoms with Crippen molar-refractivity contribution in [3.63, 3.8) is 0 Å². The van der Waals surface area contributed by atoms with E-state index in [0.29, 0.717) is 23.7 Å². The van der Waals surface area contributed by atoms with Crippen LogP contribution in [0.25, 0.3) is 0 Å². The van der Waals surface area contributed by atoms with Crippen molar-refractivity contribution in [3.8, 4) is 0 Å². The van der Waals surface area contributed by atoms with Gasteiger partial charge in [-0.1, -0.05) is 50.6 Å². The van der Waals surface area contributed by atoms with Crippen LogP contribution in [-0.2, 0) is 4.74 Å². The molecule has 0 N–H and O–H groups in total. The van der Waals surface area contributed by atoms with E-state index in [1.807, 2.05) is 30.3 Å². The summed E-state index contributed by atoms with van der Waals surface area (Å²) >= 11 is 0. The Morgan fingerprint density at radius 3 is 2.23 bits per heavy atom. The van der Waals surface area contributed by atoms with Gasteiger partial charge in [-0.25, -0.2) is 4.99 Å². The third-order valence-electron chi connectivity index (χ3n) is 4.94. The molecule has 0 heterocycles. The summed E-state index contributed by atoms with van der Waals surface area (Å²) in [5, 5.41) is 0. The Balaban J connectivity index is 2.50.